The lowest BCUT2D eigenvalue weighted by Gasteiger charge is -2.13. The molecule has 1 unspecified atom stereocenters. The van der Waals surface area contributed by atoms with Gasteiger partial charge in [0.2, 0.25) is 0 Å². The lowest BCUT2D eigenvalue weighted by molar-refractivity contribution is -0.157. The molecule has 0 heterocycles. The summed E-state index contributed by atoms with van der Waals surface area (Å²) in [6, 6.07) is 8.12. The van der Waals surface area contributed by atoms with E-state index in [-0.39, 0.29) is 12.2 Å². The predicted molar refractivity (Wildman–Crippen MR) is 63.0 cm³/mol. The SMILES string of the molecule is CCOC(=O)C(OC(=O)c1ccccc1)C(C)=O. The molecule has 0 aromatic heterocycles. The summed E-state index contributed by atoms with van der Waals surface area (Å²) in [6.07, 6.45) is -1.50. The molecule has 0 fully saturated rings. The van der Waals surface area contributed by atoms with E-state index in [4.69, 9.17) is 4.74 Å². The van der Waals surface area contributed by atoms with Gasteiger partial charge in [-0.2, -0.15) is 0 Å². The molecular weight excluding hydrogens is 236 g/mol. The fourth-order valence-electron chi connectivity index (χ4n) is 1.26. The lowest BCUT2D eigenvalue weighted by Crippen LogP contribution is -2.35. The van der Waals surface area contributed by atoms with Gasteiger partial charge in [-0.3, -0.25) is 4.79 Å². The van der Waals surface area contributed by atoms with Crippen LogP contribution in [0.5, 0.6) is 0 Å². The summed E-state index contributed by atoms with van der Waals surface area (Å²) in [5.74, 6) is -2.16. The maximum Gasteiger partial charge on any atom is 0.355 e. The van der Waals surface area contributed by atoms with E-state index < -0.39 is 23.8 Å². The van der Waals surface area contributed by atoms with Gasteiger partial charge in [0.25, 0.3) is 6.10 Å². The molecule has 1 aromatic carbocycles. The minimum absolute atomic E-state index is 0.117. The number of carbonyl (C=O) groups excluding carboxylic acids is 3. The number of Topliss-reactive ketones (excluding diaryl/α,β-unsaturated/α-hetero) is 1. The fraction of sp³-hybridized carbons (Fsp3) is 0.308. The Balaban J connectivity index is 2.76. The number of hydrogen-bond donors (Lipinski definition) is 0. The summed E-state index contributed by atoms with van der Waals surface area (Å²) in [7, 11) is 0. The van der Waals surface area contributed by atoms with E-state index in [1.165, 1.54) is 19.1 Å². The number of hydrogen-bond acceptors (Lipinski definition) is 5. The van der Waals surface area contributed by atoms with Crippen molar-refractivity contribution in [1.82, 2.24) is 0 Å². The molecule has 1 atom stereocenters. The summed E-state index contributed by atoms with van der Waals surface area (Å²) in [5, 5.41) is 0. The Morgan fingerprint density at radius 2 is 1.78 bits per heavy atom. The number of esters is 2. The first-order valence-electron chi connectivity index (χ1n) is 5.49. The topological polar surface area (TPSA) is 69.7 Å². The number of benzene rings is 1. The molecule has 0 bridgehead atoms. The van der Waals surface area contributed by atoms with E-state index >= 15 is 0 Å². The second-order valence-corrected chi connectivity index (χ2v) is 3.51. The van der Waals surface area contributed by atoms with Crippen LogP contribution < -0.4 is 0 Å². The molecule has 5 nitrogen and oxygen atoms in total. The van der Waals surface area contributed by atoms with Crippen LogP contribution in [-0.4, -0.2) is 30.4 Å². The van der Waals surface area contributed by atoms with Crippen molar-refractivity contribution in [3.05, 3.63) is 35.9 Å². The van der Waals surface area contributed by atoms with Crippen molar-refractivity contribution >= 4 is 17.7 Å². The van der Waals surface area contributed by atoms with E-state index in [0.717, 1.165) is 0 Å². The lowest BCUT2D eigenvalue weighted by atomic mass is 10.2. The largest absolute Gasteiger partial charge is 0.463 e. The van der Waals surface area contributed by atoms with Gasteiger partial charge in [0.15, 0.2) is 5.78 Å². The van der Waals surface area contributed by atoms with Crippen molar-refractivity contribution in [2.45, 2.75) is 20.0 Å². The summed E-state index contributed by atoms with van der Waals surface area (Å²) in [5.41, 5.74) is 0.271. The number of rotatable bonds is 5. The summed E-state index contributed by atoms with van der Waals surface area (Å²) in [4.78, 5) is 34.4. The van der Waals surface area contributed by atoms with Crippen molar-refractivity contribution in [2.75, 3.05) is 6.61 Å². The first-order chi connectivity index (χ1) is 8.56. The fourth-order valence-corrected chi connectivity index (χ4v) is 1.26. The molecule has 5 heteroatoms. The van der Waals surface area contributed by atoms with E-state index in [0.29, 0.717) is 0 Å². The Labute approximate surface area is 105 Å². The van der Waals surface area contributed by atoms with Gasteiger partial charge in [0, 0.05) is 0 Å². The van der Waals surface area contributed by atoms with Crippen LogP contribution in [-0.2, 0) is 19.1 Å². The van der Waals surface area contributed by atoms with Crippen molar-refractivity contribution in [3.8, 4) is 0 Å². The maximum absolute atomic E-state index is 11.7. The van der Waals surface area contributed by atoms with Gasteiger partial charge in [0.05, 0.1) is 12.2 Å². The third-order valence-electron chi connectivity index (χ3n) is 2.10. The van der Waals surface area contributed by atoms with Crippen molar-refractivity contribution < 1.29 is 23.9 Å². The molecule has 0 amide bonds. The molecule has 1 rings (SSSR count). The average molecular weight is 250 g/mol. The molecule has 0 spiro atoms. The molecular formula is C13H14O5. The molecule has 0 saturated carbocycles. The monoisotopic (exact) mass is 250 g/mol. The van der Waals surface area contributed by atoms with Gasteiger partial charge in [-0.15, -0.1) is 0 Å². The Bertz CT molecular complexity index is 438. The Kier molecular flexibility index (Phi) is 5.05. The minimum atomic E-state index is -1.50. The van der Waals surface area contributed by atoms with E-state index in [1.54, 1.807) is 25.1 Å². The number of ether oxygens (including phenoxy) is 2. The highest BCUT2D eigenvalue weighted by Gasteiger charge is 2.29. The number of ketones is 1. The van der Waals surface area contributed by atoms with Crippen molar-refractivity contribution in [1.29, 1.82) is 0 Å². The minimum Gasteiger partial charge on any atom is -0.463 e. The standard InChI is InChI=1S/C13H14O5/c1-3-17-13(16)11(9(2)14)18-12(15)10-7-5-4-6-8-10/h4-8,11H,3H2,1-2H3. The highest BCUT2D eigenvalue weighted by molar-refractivity contribution is 6.03. The van der Waals surface area contributed by atoms with Crippen LogP contribution >= 0.6 is 0 Å². The zero-order valence-electron chi connectivity index (χ0n) is 10.2. The summed E-state index contributed by atoms with van der Waals surface area (Å²) >= 11 is 0. The Morgan fingerprint density at radius 1 is 1.17 bits per heavy atom. The second kappa shape index (κ2) is 6.54. The molecule has 0 N–H and O–H groups in total. The van der Waals surface area contributed by atoms with Gasteiger partial charge in [-0.05, 0) is 26.0 Å². The average Bonchev–Trinajstić information content (AvgIpc) is 2.36. The van der Waals surface area contributed by atoms with Crippen LogP contribution in [0.25, 0.3) is 0 Å². The highest BCUT2D eigenvalue weighted by atomic mass is 16.6. The van der Waals surface area contributed by atoms with E-state index in [2.05, 4.69) is 4.74 Å². The van der Waals surface area contributed by atoms with Crippen LogP contribution in [0.1, 0.15) is 24.2 Å². The van der Waals surface area contributed by atoms with Crippen molar-refractivity contribution in [3.63, 3.8) is 0 Å². The van der Waals surface area contributed by atoms with Crippen LogP contribution in [0.2, 0.25) is 0 Å². The third-order valence-corrected chi connectivity index (χ3v) is 2.10. The van der Waals surface area contributed by atoms with Crippen molar-refractivity contribution in [2.24, 2.45) is 0 Å². The molecule has 0 saturated heterocycles. The van der Waals surface area contributed by atoms with Gasteiger partial charge in [-0.25, -0.2) is 9.59 Å². The van der Waals surface area contributed by atoms with Crippen LogP contribution in [0.3, 0.4) is 0 Å². The third kappa shape index (κ3) is 3.69. The highest BCUT2D eigenvalue weighted by Crippen LogP contribution is 2.06. The zero-order valence-corrected chi connectivity index (χ0v) is 10.2. The molecule has 1 aromatic rings. The first kappa shape index (κ1) is 13.9. The Morgan fingerprint density at radius 3 is 2.28 bits per heavy atom. The van der Waals surface area contributed by atoms with E-state index in [1.807, 2.05) is 0 Å². The molecule has 96 valence electrons. The Hall–Kier alpha value is -2.17. The van der Waals surface area contributed by atoms with Gasteiger partial charge >= 0.3 is 11.9 Å². The quantitative estimate of drug-likeness (QED) is 0.583. The number of carbonyl (C=O) groups is 3. The van der Waals surface area contributed by atoms with Crippen LogP contribution in [0.4, 0.5) is 0 Å². The van der Waals surface area contributed by atoms with Gasteiger partial charge in [-0.1, -0.05) is 18.2 Å². The van der Waals surface area contributed by atoms with Gasteiger partial charge < -0.3 is 9.47 Å². The smallest absolute Gasteiger partial charge is 0.355 e. The van der Waals surface area contributed by atoms with Gasteiger partial charge in [0.1, 0.15) is 0 Å². The molecule has 18 heavy (non-hydrogen) atoms. The molecule has 0 aliphatic heterocycles. The first-order valence-corrected chi connectivity index (χ1v) is 5.49. The normalized spacial score (nSPS) is 11.4. The molecule has 0 radical (unpaired) electrons. The zero-order chi connectivity index (χ0) is 13.5. The van der Waals surface area contributed by atoms with E-state index in [9.17, 15) is 14.4 Å². The maximum atomic E-state index is 11.7. The summed E-state index contributed by atoms with van der Waals surface area (Å²) in [6.45, 7) is 2.89. The molecule has 0 aliphatic rings. The van der Waals surface area contributed by atoms with Crippen LogP contribution in [0.15, 0.2) is 30.3 Å². The second-order valence-electron chi connectivity index (χ2n) is 3.51. The summed E-state index contributed by atoms with van der Waals surface area (Å²) < 4.78 is 9.51. The van der Waals surface area contributed by atoms with Crippen LogP contribution in [0, 0.1) is 0 Å². The predicted octanol–water partition coefficient (Wildman–Crippen LogP) is 1.36. The molecule has 0 aliphatic carbocycles.